The van der Waals surface area contributed by atoms with Gasteiger partial charge >= 0.3 is 0 Å². The fourth-order valence-corrected chi connectivity index (χ4v) is 2.61. The molecule has 1 aliphatic rings. The van der Waals surface area contributed by atoms with Crippen LogP contribution in [0.3, 0.4) is 0 Å². The molecule has 1 aliphatic heterocycles. The summed E-state index contributed by atoms with van der Waals surface area (Å²) in [6.45, 7) is 3.79. The lowest BCUT2D eigenvalue weighted by Gasteiger charge is -2.25. The molecule has 0 bridgehead atoms. The average Bonchev–Trinajstić information content (AvgIpc) is 2.96. The summed E-state index contributed by atoms with van der Waals surface area (Å²) in [5, 5.41) is 10.2. The van der Waals surface area contributed by atoms with Gasteiger partial charge < -0.3 is 9.84 Å². The van der Waals surface area contributed by atoms with Gasteiger partial charge in [-0.3, -0.25) is 0 Å². The van der Waals surface area contributed by atoms with Crippen molar-refractivity contribution in [2.75, 3.05) is 6.61 Å². The average molecular weight is 281 g/mol. The molecule has 1 N–H and O–H groups in total. The van der Waals surface area contributed by atoms with Crippen LogP contribution in [0.1, 0.15) is 25.0 Å². The molecule has 21 heavy (non-hydrogen) atoms. The Bertz CT molecular complexity index is 602. The Morgan fingerprint density at radius 3 is 1.81 bits per heavy atom. The smallest absolute Gasteiger partial charge is 0.217 e. The van der Waals surface area contributed by atoms with Crippen molar-refractivity contribution in [3.63, 3.8) is 0 Å². The van der Waals surface area contributed by atoms with Gasteiger partial charge in [-0.2, -0.15) is 0 Å². The third kappa shape index (κ3) is 2.45. The summed E-state index contributed by atoms with van der Waals surface area (Å²) in [6.07, 6.45) is 0. The third-order valence-corrected chi connectivity index (χ3v) is 3.74. The lowest BCUT2D eigenvalue weighted by atomic mass is 9.84. The quantitative estimate of drug-likeness (QED) is 0.939. The van der Waals surface area contributed by atoms with E-state index in [-0.39, 0.29) is 0 Å². The van der Waals surface area contributed by atoms with E-state index in [9.17, 15) is 5.11 Å². The van der Waals surface area contributed by atoms with Crippen molar-refractivity contribution in [2.45, 2.75) is 25.0 Å². The summed E-state index contributed by atoms with van der Waals surface area (Å²) in [5.41, 5.74) is 0.467. The van der Waals surface area contributed by atoms with Crippen LogP contribution < -0.4 is 0 Å². The monoisotopic (exact) mass is 281 g/mol. The van der Waals surface area contributed by atoms with Crippen molar-refractivity contribution in [2.24, 2.45) is 4.99 Å². The molecule has 1 heterocycles. The highest BCUT2D eigenvalue weighted by atomic mass is 16.5. The van der Waals surface area contributed by atoms with Gasteiger partial charge in [0, 0.05) is 0 Å². The Morgan fingerprint density at radius 2 is 1.43 bits per heavy atom. The molecule has 3 nitrogen and oxygen atoms in total. The Kier molecular flexibility index (Phi) is 3.30. The van der Waals surface area contributed by atoms with Crippen LogP contribution in [0.4, 0.5) is 0 Å². The maximum Gasteiger partial charge on any atom is 0.217 e. The lowest BCUT2D eigenvalue weighted by molar-refractivity contribution is 0.119. The molecular weight excluding hydrogens is 262 g/mol. The van der Waals surface area contributed by atoms with E-state index in [1.165, 1.54) is 0 Å². The first kappa shape index (κ1) is 13.8. The molecule has 3 heteroatoms. The SMILES string of the molecule is CC(C)(O)C1=NC(c2ccccc2)(c2ccccc2)CO1. The molecular formula is C18H19NO2. The summed E-state index contributed by atoms with van der Waals surface area (Å²) >= 11 is 0. The first-order valence-electron chi connectivity index (χ1n) is 7.09. The zero-order valence-corrected chi connectivity index (χ0v) is 12.3. The summed E-state index contributed by atoms with van der Waals surface area (Å²) < 4.78 is 5.74. The summed E-state index contributed by atoms with van der Waals surface area (Å²) in [5.74, 6) is 0.384. The number of aliphatic hydroxyl groups is 1. The van der Waals surface area contributed by atoms with E-state index in [0.29, 0.717) is 12.5 Å². The summed E-state index contributed by atoms with van der Waals surface area (Å²) in [6, 6.07) is 20.2. The van der Waals surface area contributed by atoms with Crippen molar-refractivity contribution >= 4 is 5.90 Å². The van der Waals surface area contributed by atoms with Crippen molar-refractivity contribution in [3.05, 3.63) is 71.8 Å². The van der Waals surface area contributed by atoms with Gasteiger partial charge in [0.05, 0.1) is 0 Å². The number of benzene rings is 2. The maximum absolute atomic E-state index is 10.2. The summed E-state index contributed by atoms with van der Waals surface area (Å²) in [4.78, 5) is 4.78. The van der Waals surface area contributed by atoms with Gasteiger partial charge in [0.1, 0.15) is 17.7 Å². The second-order valence-electron chi connectivity index (χ2n) is 5.86. The molecule has 3 rings (SSSR count). The van der Waals surface area contributed by atoms with Gasteiger partial charge in [-0.1, -0.05) is 60.7 Å². The van der Waals surface area contributed by atoms with E-state index in [2.05, 4.69) is 0 Å². The number of ether oxygens (including phenoxy) is 1. The Hall–Kier alpha value is -2.13. The topological polar surface area (TPSA) is 41.8 Å². The number of rotatable bonds is 3. The van der Waals surface area contributed by atoms with Crippen LogP contribution in [-0.2, 0) is 10.3 Å². The minimum absolute atomic E-state index is 0.384. The number of hydrogen-bond acceptors (Lipinski definition) is 3. The molecule has 0 radical (unpaired) electrons. The first-order chi connectivity index (χ1) is 10.0. The van der Waals surface area contributed by atoms with E-state index in [0.717, 1.165) is 11.1 Å². The highest BCUT2D eigenvalue weighted by Gasteiger charge is 2.43. The van der Waals surface area contributed by atoms with Crippen LogP contribution in [0.5, 0.6) is 0 Å². The molecule has 0 atom stereocenters. The lowest BCUT2D eigenvalue weighted by Crippen LogP contribution is -2.31. The van der Waals surface area contributed by atoms with Gasteiger partial charge in [0.25, 0.3) is 0 Å². The van der Waals surface area contributed by atoms with E-state index in [4.69, 9.17) is 9.73 Å². The minimum Gasteiger partial charge on any atom is -0.476 e. The highest BCUT2D eigenvalue weighted by molar-refractivity contribution is 5.86. The fraction of sp³-hybridized carbons (Fsp3) is 0.278. The molecule has 108 valence electrons. The molecule has 2 aromatic carbocycles. The fourth-order valence-electron chi connectivity index (χ4n) is 2.61. The van der Waals surface area contributed by atoms with E-state index >= 15 is 0 Å². The Labute approximate surface area is 124 Å². The van der Waals surface area contributed by atoms with Crippen molar-refractivity contribution in [3.8, 4) is 0 Å². The standard InChI is InChI=1S/C18H19NO2/c1-17(2,20)16-19-18(13-21-16,14-9-5-3-6-10-14)15-11-7-4-8-12-15/h3-12,20H,13H2,1-2H3. The summed E-state index contributed by atoms with van der Waals surface area (Å²) in [7, 11) is 0. The van der Waals surface area contributed by atoms with Gasteiger partial charge in [-0.15, -0.1) is 0 Å². The zero-order valence-electron chi connectivity index (χ0n) is 12.3. The van der Waals surface area contributed by atoms with Crippen molar-refractivity contribution < 1.29 is 9.84 Å². The van der Waals surface area contributed by atoms with E-state index in [1.807, 2.05) is 60.7 Å². The Morgan fingerprint density at radius 1 is 0.952 bits per heavy atom. The second kappa shape index (κ2) is 5.01. The molecule has 0 unspecified atom stereocenters. The number of nitrogens with zero attached hydrogens (tertiary/aromatic N) is 1. The molecule has 0 amide bonds. The number of aliphatic imine (C=N–C) groups is 1. The van der Waals surface area contributed by atoms with E-state index < -0.39 is 11.1 Å². The maximum atomic E-state index is 10.2. The molecule has 0 aromatic heterocycles. The van der Waals surface area contributed by atoms with Crippen LogP contribution in [-0.4, -0.2) is 23.2 Å². The van der Waals surface area contributed by atoms with Crippen LogP contribution in [0.2, 0.25) is 0 Å². The Balaban J connectivity index is 2.17. The van der Waals surface area contributed by atoms with E-state index in [1.54, 1.807) is 13.8 Å². The molecule has 0 saturated carbocycles. The predicted octanol–water partition coefficient (Wildman–Crippen LogP) is 3.13. The molecule has 2 aromatic rings. The van der Waals surface area contributed by atoms with Gasteiger partial charge in [-0.05, 0) is 25.0 Å². The molecule has 0 saturated heterocycles. The largest absolute Gasteiger partial charge is 0.476 e. The van der Waals surface area contributed by atoms with Crippen LogP contribution in [0.25, 0.3) is 0 Å². The second-order valence-corrected chi connectivity index (χ2v) is 5.86. The highest BCUT2D eigenvalue weighted by Crippen LogP contribution is 2.39. The van der Waals surface area contributed by atoms with Gasteiger partial charge in [-0.25, -0.2) is 4.99 Å². The van der Waals surface area contributed by atoms with Crippen molar-refractivity contribution in [1.29, 1.82) is 0 Å². The third-order valence-electron chi connectivity index (χ3n) is 3.74. The zero-order chi connectivity index (χ0) is 14.9. The van der Waals surface area contributed by atoms with Crippen LogP contribution in [0, 0.1) is 0 Å². The normalized spacial score (nSPS) is 17.2. The first-order valence-corrected chi connectivity index (χ1v) is 7.09. The van der Waals surface area contributed by atoms with Gasteiger partial charge in [0.15, 0.2) is 0 Å². The number of hydrogen-bond donors (Lipinski definition) is 1. The molecule has 0 fully saturated rings. The minimum atomic E-state index is -1.08. The van der Waals surface area contributed by atoms with Crippen molar-refractivity contribution in [1.82, 2.24) is 0 Å². The molecule has 0 aliphatic carbocycles. The van der Waals surface area contributed by atoms with Crippen LogP contribution in [0.15, 0.2) is 65.7 Å². The predicted molar refractivity (Wildman–Crippen MR) is 83.3 cm³/mol. The van der Waals surface area contributed by atoms with Crippen LogP contribution >= 0.6 is 0 Å². The molecule has 0 spiro atoms. The van der Waals surface area contributed by atoms with Gasteiger partial charge in [0.2, 0.25) is 5.90 Å².